The third kappa shape index (κ3) is 7.99. The maximum atomic E-state index is 11.0. The predicted molar refractivity (Wildman–Crippen MR) is 93.3 cm³/mol. The van der Waals surface area contributed by atoms with Gasteiger partial charge in [0.05, 0.1) is 19.4 Å². The summed E-state index contributed by atoms with van der Waals surface area (Å²) < 4.78 is 16.4. The van der Waals surface area contributed by atoms with Crippen molar-refractivity contribution < 1.29 is 18.7 Å². The summed E-state index contributed by atoms with van der Waals surface area (Å²) in [5.74, 6) is -0.0149. The molecule has 0 aromatic rings. The SMILES string of the molecule is COC(=O)/C=C/OC(CCCO[Si](C)(C)C(C)(C)C)C(C)C. The van der Waals surface area contributed by atoms with E-state index < -0.39 is 14.3 Å². The molecule has 22 heavy (non-hydrogen) atoms. The Balaban J connectivity index is 4.22. The largest absolute Gasteiger partial charge is 0.497 e. The zero-order valence-corrected chi connectivity index (χ0v) is 16.6. The summed E-state index contributed by atoms with van der Waals surface area (Å²) in [7, 11) is -0.313. The number of esters is 1. The van der Waals surface area contributed by atoms with Gasteiger partial charge >= 0.3 is 5.97 Å². The van der Waals surface area contributed by atoms with Crippen molar-refractivity contribution in [2.45, 2.75) is 71.7 Å². The molecule has 0 N–H and O–H groups in total. The number of hydrogen-bond donors (Lipinski definition) is 0. The van der Waals surface area contributed by atoms with Crippen LogP contribution in [0.3, 0.4) is 0 Å². The molecule has 0 aliphatic heterocycles. The van der Waals surface area contributed by atoms with E-state index in [1.54, 1.807) is 0 Å². The van der Waals surface area contributed by atoms with Gasteiger partial charge in [0.2, 0.25) is 0 Å². The Morgan fingerprint density at radius 3 is 2.27 bits per heavy atom. The van der Waals surface area contributed by atoms with Gasteiger partial charge in [-0.15, -0.1) is 0 Å². The lowest BCUT2D eigenvalue weighted by Crippen LogP contribution is -2.41. The fraction of sp³-hybridized carbons (Fsp3) is 0.824. The van der Waals surface area contributed by atoms with Crippen molar-refractivity contribution in [3.8, 4) is 0 Å². The zero-order chi connectivity index (χ0) is 17.4. The van der Waals surface area contributed by atoms with E-state index >= 15 is 0 Å². The van der Waals surface area contributed by atoms with E-state index in [9.17, 15) is 4.79 Å². The number of ether oxygens (including phenoxy) is 2. The van der Waals surface area contributed by atoms with Gasteiger partial charge in [0.15, 0.2) is 8.32 Å². The lowest BCUT2D eigenvalue weighted by molar-refractivity contribution is -0.135. The molecule has 4 nitrogen and oxygen atoms in total. The smallest absolute Gasteiger partial charge is 0.333 e. The van der Waals surface area contributed by atoms with Gasteiger partial charge in [0.25, 0.3) is 0 Å². The minimum Gasteiger partial charge on any atom is -0.497 e. The summed E-state index contributed by atoms with van der Waals surface area (Å²) in [6.45, 7) is 16.3. The van der Waals surface area contributed by atoms with Crippen LogP contribution in [0.15, 0.2) is 12.3 Å². The average molecular weight is 331 g/mol. The van der Waals surface area contributed by atoms with Crippen LogP contribution in [-0.4, -0.2) is 34.1 Å². The molecular formula is C17H34O4Si. The Morgan fingerprint density at radius 2 is 1.82 bits per heavy atom. The topological polar surface area (TPSA) is 44.8 Å². The highest BCUT2D eigenvalue weighted by Crippen LogP contribution is 2.36. The maximum Gasteiger partial charge on any atom is 0.333 e. The summed E-state index contributed by atoms with van der Waals surface area (Å²) in [5.41, 5.74) is 0. The van der Waals surface area contributed by atoms with E-state index in [1.165, 1.54) is 19.4 Å². The first-order chi connectivity index (χ1) is 10.0. The number of hydrogen-bond acceptors (Lipinski definition) is 4. The average Bonchev–Trinajstić information content (AvgIpc) is 2.39. The summed E-state index contributed by atoms with van der Waals surface area (Å²) >= 11 is 0. The Morgan fingerprint density at radius 1 is 1.23 bits per heavy atom. The molecule has 0 radical (unpaired) electrons. The van der Waals surface area contributed by atoms with Gasteiger partial charge in [-0.25, -0.2) is 4.79 Å². The van der Waals surface area contributed by atoms with Crippen LogP contribution < -0.4 is 0 Å². The van der Waals surface area contributed by atoms with E-state index in [-0.39, 0.29) is 11.1 Å². The Kier molecular flexibility index (Phi) is 9.01. The van der Waals surface area contributed by atoms with Gasteiger partial charge in [-0.1, -0.05) is 34.6 Å². The molecule has 0 heterocycles. The Bertz CT molecular complexity index is 356. The molecule has 130 valence electrons. The molecule has 1 atom stereocenters. The molecule has 0 amide bonds. The van der Waals surface area contributed by atoms with Crippen LogP contribution in [0, 0.1) is 5.92 Å². The molecular weight excluding hydrogens is 296 g/mol. The quantitative estimate of drug-likeness (QED) is 0.205. The lowest BCUT2D eigenvalue weighted by atomic mass is 10.0. The Labute approximate surface area is 137 Å². The van der Waals surface area contributed by atoms with Crippen LogP contribution in [-0.2, 0) is 18.7 Å². The van der Waals surface area contributed by atoms with Crippen LogP contribution >= 0.6 is 0 Å². The molecule has 0 bridgehead atoms. The predicted octanol–water partition coefficient (Wildman–Crippen LogP) is 4.52. The van der Waals surface area contributed by atoms with Crippen LogP contribution in [0.5, 0.6) is 0 Å². The van der Waals surface area contributed by atoms with Gasteiger partial charge in [0.1, 0.15) is 6.10 Å². The number of rotatable bonds is 9. The van der Waals surface area contributed by atoms with Gasteiger partial charge in [-0.05, 0) is 36.9 Å². The minimum atomic E-state index is -1.67. The molecule has 0 fully saturated rings. The van der Waals surface area contributed by atoms with Gasteiger partial charge in [0, 0.05) is 6.61 Å². The third-order valence-corrected chi connectivity index (χ3v) is 8.84. The highest BCUT2D eigenvalue weighted by Gasteiger charge is 2.36. The molecule has 0 aromatic heterocycles. The highest BCUT2D eigenvalue weighted by atomic mass is 28.4. The van der Waals surface area contributed by atoms with Gasteiger partial charge < -0.3 is 13.9 Å². The lowest BCUT2D eigenvalue weighted by Gasteiger charge is -2.36. The number of carbonyl (C=O) groups is 1. The minimum absolute atomic E-state index is 0.0870. The van der Waals surface area contributed by atoms with E-state index in [1.807, 2.05) is 0 Å². The summed E-state index contributed by atoms with van der Waals surface area (Å²) in [6.07, 6.45) is 4.70. The standard InChI is InChI=1S/C17H34O4Si/c1-14(2)15(20-13-11-16(18)19-6)10-9-12-21-22(7,8)17(3,4)5/h11,13-15H,9-10,12H2,1-8H3/b13-11+. The third-order valence-electron chi connectivity index (χ3n) is 4.30. The number of carbonyl (C=O) groups excluding carboxylic acids is 1. The zero-order valence-electron chi connectivity index (χ0n) is 15.6. The van der Waals surface area contributed by atoms with Crippen molar-refractivity contribution in [1.82, 2.24) is 0 Å². The van der Waals surface area contributed by atoms with Crippen molar-refractivity contribution in [3.05, 3.63) is 12.3 Å². The fourth-order valence-electron chi connectivity index (χ4n) is 1.65. The molecule has 0 aliphatic carbocycles. The van der Waals surface area contributed by atoms with E-state index in [0.717, 1.165) is 19.4 Å². The molecule has 0 aliphatic rings. The van der Waals surface area contributed by atoms with Gasteiger partial charge in [-0.3, -0.25) is 0 Å². The first kappa shape index (κ1) is 21.2. The second kappa shape index (κ2) is 9.35. The first-order valence-corrected chi connectivity index (χ1v) is 11.0. The second-order valence-electron chi connectivity index (χ2n) is 7.50. The van der Waals surface area contributed by atoms with Crippen LogP contribution in [0.2, 0.25) is 18.1 Å². The highest BCUT2D eigenvalue weighted by molar-refractivity contribution is 6.74. The number of methoxy groups -OCH3 is 1. The van der Waals surface area contributed by atoms with Crippen molar-refractivity contribution >= 4 is 14.3 Å². The van der Waals surface area contributed by atoms with E-state index in [2.05, 4.69) is 52.4 Å². The molecule has 1 unspecified atom stereocenters. The normalized spacial score (nSPS) is 14.4. The van der Waals surface area contributed by atoms with E-state index in [4.69, 9.17) is 9.16 Å². The van der Waals surface area contributed by atoms with Crippen molar-refractivity contribution in [2.24, 2.45) is 5.92 Å². The van der Waals surface area contributed by atoms with Crippen LogP contribution in [0.4, 0.5) is 0 Å². The van der Waals surface area contributed by atoms with Crippen LogP contribution in [0.1, 0.15) is 47.5 Å². The monoisotopic (exact) mass is 330 g/mol. The molecule has 0 saturated heterocycles. The van der Waals surface area contributed by atoms with Crippen molar-refractivity contribution in [1.29, 1.82) is 0 Å². The summed E-state index contributed by atoms with van der Waals surface area (Å²) in [4.78, 5) is 11.0. The van der Waals surface area contributed by atoms with E-state index in [0.29, 0.717) is 5.92 Å². The molecule has 0 saturated carbocycles. The summed E-state index contributed by atoms with van der Waals surface area (Å²) in [5, 5.41) is 0.240. The van der Waals surface area contributed by atoms with Crippen molar-refractivity contribution in [3.63, 3.8) is 0 Å². The summed E-state index contributed by atoms with van der Waals surface area (Å²) in [6, 6.07) is 0. The van der Waals surface area contributed by atoms with Gasteiger partial charge in [-0.2, -0.15) is 0 Å². The second-order valence-corrected chi connectivity index (χ2v) is 12.3. The fourth-order valence-corrected chi connectivity index (χ4v) is 2.74. The van der Waals surface area contributed by atoms with Crippen LogP contribution in [0.25, 0.3) is 0 Å². The molecule has 0 spiro atoms. The van der Waals surface area contributed by atoms with Crippen molar-refractivity contribution in [2.75, 3.05) is 13.7 Å². The molecule has 0 aromatic carbocycles. The molecule has 0 rings (SSSR count). The maximum absolute atomic E-state index is 11.0. The first-order valence-electron chi connectivity index (χ1n) is 8.05. The Hall–Kier alpha value is -0.813. The molecule has 5 heteroatoms.